The van der Waals surface area contributed by atoms with Crippen LogP contribution in [0.1, 0.15) is 56.1 Å². The van der Waals surface area contributed by atoms with Crippen molar-refractivity contribution in [1.82, 2.24) is 5.32 Å². The van der Waals surface area contributed by atoms with Gasteiger partial charge in [-0.3, -0.25) is 4.79 Å². The number of amides is 1. The molecule has 1 aromatic carbocycles. The summed E-state index contributed by atoms with van der Waals surface area (Å²) in [6.45, 7) is 0.134. The van der Waals surface area contributed by atoms with Gasteiger partial charge in [0.25, 0.3) is 5.91 Å². The van der Waals surface area contributed by atoms with E-state index < -0.39 is 0 Å². The number of benzene rings is 1. The molecule has 1 N–H and O–H groups in total. The molecule has 1 saturated carbocycles. The van der Waals surface area contributed by atoms with Crippen LogP contribution >= 0.6 is 0 Å². The molecule has 0 bridgehead atoms. The molecule has 0 unspecified atom stereocenters. The van der Waals surface area contributed by atoms with Gasteiger partial charge < -0.3 is 10.1 Å². The van der Waals surface area contributed by atoms with Crippen molar-refractivity contribution < 1.29 is 9.53 Å². The van der Waals surface area contributed by atoms with Crippen LogP contribution in [0, 0.1) is 0 Å². The summed E-state index contributed by atoms with van der Waals surface area (Å²) in [4.78, 5) is 12.0. The van der Waals surface area contributed by atoms with Crippen molar-refractivity contribution in [2.75, 3.05) is 6.61 Å². The molecule has 3 nitrogen and oxygen atoms in total. The highest BCUT2D eigenvalue weighted by Gasteiger charge is 2.15. The van der Waals surface area contributed by atoms with Crippen LogP contribution in [-0.2, 0) is 17.6 Å². The smallest absolute Gasteiger partial charge is 0.258 e. The molecule has 21 heavy (non-hydrogen) atoms. The topological polar surface area (TPSA) is 38.3 Å². The van der Waals surface area contributed by atoms with Crippen molar-refractivity contribution in [2.24, 2.45) is 0 Å². The van der Waals surface area contributed by atoms with Gasteiger partial charge in [0.2, 0.25) is 0 Å². The van der Waals surface area contributed by atoms with Crippen LogP contribution in [0.5, 0.6) is 5.75 Å². The molecule has 1 amide bonds. The first kappa shape index (κ1) is 14.4. The van der Waals surface area contributed by atoms with E-state index in [0.717, 1.165) is 25.0 Å². The molecule has 0 radical (unpaired) electrons. The van der Waals surface area contributed by atoms with Gasteiger partial charge in [0, 0.05) is 6.04 Å². The lowest BCUT2D eigenvalue weighted by Gasteiger charge is -2.16. The van der Waals surface area contributed by atoms with Crippen LogP contribution in [-0.4, -0.2) is 18.6 Å². The predicted octanol–water partition coefficient (Wildman–Crippen LogP) is 3.39. The van der Waals surface area contributed by atoms with Gasteiger partial charge in [-0.15, -0.1) is 0 Å². The van der Waals surface area contributed by atoms with Crippen LogP contribution in [0.15, 0.2) is 18.2 Å². The lowest BCUT2D eigenvalue weighted by Crippen LogP contribution is -2.37. The quantitative estimate of drug-likeness (QED) is 0.862. The maximum Gasteiger partial charge on any atom is 0.258 e. The molecule has 0 heterocycles. The number of ether oxygens (including phenoxy) is 1. The number of carbonyl (C=O) groups is 1. The van der Waals surface area contributed by atoms with E-state index in [4.69, 9.17) is 4.74 Å². The molecule has 0 saturated heterocycles. The SMILES string of the molecule is O=C(COc1ccc2c(c1)CCC2)NC1CCCCCC1. The molecule has 0 spiro atoms. The number of hydrogen-bond donors (Lipinski definition) is 1. The molecule has 0 aromatic heterocycles. The number of fused-ring (bicyclic) bond motifs is 1. The lowest BCUT2D eigenvalue weighted by atomic mass is 10.1. The molecule has 2 aliphatic rings. The highest BCUT2D eigenvalue weighted by molar-refractivity contribution is 5.77. The molecule has 3 heteroatoms. The monoisotopic (exact) mass is 287 g/mol. The maximum absolute atomic E-state index is 12.0. The van der Waals surface area contributed by atoms with Gasteiger partial charge in [-0.25, -0.2) is 0 Å². The number of aryl methyl sites for hydroxylation is 2. The Morgan fingerprint density at radius 1 is 1.05 bits per heavy atom. The minimum atomic E-state index is 0.0161. The van der Waals surface area contributed by atoms with Crippen molar-refractivity contribution in [3.63, 3.8) is 0 Å². The van der Waals surface area contributed by atoms with Crippen LogP contribution in [0.4, 0.5) is 0 Å². The van der Waals surface area contributed by atoms with E-state index in [9.17, 15) is 4.79 Å². The van der Waals surface area contributed by atoms with Gasteiger partial charge in [0.05, 0.1) is 0 Å². The molecule has 0 atom stereocenters. The zero-order chi connectivity index (χ0) is 14.5. The maximum atomic E-state index is 12.0. The Morgan fingerprint density at radius 3 is 2.62 bits per heavy atom. The summed E-state index contributed by atoms with van der Waals surface area (Å²) < 4.78 is 5.65. The van der Waals surface area contributed by atoms with E-state index in [1.165, 1.54) is 49.7 Å². The van der Waals surface area contributed by atoms with Gasteiger partial charge in [-0.1, -0.05) is 31.7 Å². The van der Waals surface area contributed by atoms with E-state index in [1.54, 1.807) is 0 Å². The van der Waals surface area contributed by atoms with Gasteiger partial charge >= 0.3 is 0 Å². The summed E-state index contributed by atoms with van der Waals surface area (Å²) in [7, 11) is 0. The number of carbonyl (C=O) groups excluding carboxylic acids is 1. The highest BCUT2D eigenvalue weighted by Crippen LogP contribution is 2.26. The number of rotatable bonds is 4. The van der Waals surface area contributed by atoms with Gasteiger partial charge in [-0.2, -0.15) is 0 Å². The summed E-state index contributed by atoms with van der Waals surface area (Å²) >= 11 is 0. The first-order valence-electron chi connectivity index (χ1n) is 8.35. The van der Waals surface area contributed by atoms with Crippen molar-refractivity contribution >= 4 is 5.91 Å². The van der Waals surface area contributed by atoms with E-state index in [2.05, 4.69) is 17.4 Å². The molecular weight excluding hydrogens is 262 g/mol. The fraction of sp³-hybridized carbons (Fsp3) is 0.611. The normalized spacial score (nSPS) is 18.9. The Morgan fingerprint density at radius 2 is 1.81 bits per heavy atom. The second kappa shape index (κ2) is 6.97. The summed E-state index contributed by atoms with van der Waals surface area (Å²) in [6.07, 6.45) is 10.9. The minimum absolute atomic E-state index is 0.0161. The van der Waals surface area contributed by atoms with Gasteiger partial charge in [0.1, 0.15) is 5.75 Å². The number of nitrogens with one attached hydrogen (secondary N) is 1. The molecule has 3 rings (SSSR count). The minimum Gasteiger partial charge on any atom is -0.484 e. The first-order chi connectivity index (χ1) is 10.3. The van der Waals surface area contributed by atoms with E-state index in [-0.39, 0.29) is 12.5 Å². The van der Waals surface area contributed by atoms with Crippen LogP contribution < -0.4 is 10.1 Å². The Kier molecular flexibility index (Phi) is 4.79. The third-order valence-electron chi connectivity index (χ3n) is 4.66. The average Bonchev–Trinajstić information content (AvgIpc) is 2.81. The zero-order valence-electron chi connectivity index (χ0n) is 12.7. The molecule has 114 valence electrons. The van der Waals surface area contributed by atoms with Crippen molar-refractivity contribution in [3.8, 4) is 5.75 Å². The third kappa shape index (κ3) is 3.99. The van der Waals surface area contributed by atoms with Crippen molar-refractivity contribution in [1.29, 1.82) is 0 Å². The standard InChI is InChI=1S/C18H25NO2/c20-18(19-16-8-3-1-2-4-9-16)13-21-17-11-10-14-6-5-7-15(14)12-17/h10-12,16H,1-9,13H2,(H,19,20). The van der Waals surface area contributed by atoms with Crippen LogP contribution in [0.25, 0.3) is 0 Å². The third-order valence-corrected chi connectivity index (χ3v) is 4.66. The second-order valence-corrected chi connectivity index (χ2v) is 6.33. The van der Waals surface area contributed by atoms with Crippen molar-refractivity contribution in [3.05, 3.63) is 29.3 Å². The predicted molar refractivity (Wildman–Crippen MR) is 83.6 cm³/mol. The Balaban J connectivity index is 1.47. The first-order valence-corrected chi connectivity index (χ1v) is 8.35. The fourth-order valence-corrected chi connectivity index (χ4v) is 3.48. The van der Waals surface area contributed by atoms with Crippen molar-refractivity contribution in [2.45, 2.75) is 63.8 Å². The van der Waals surface area contributed by atoms with E-state index in [1.807, 2.05) is 6.07 Å². The molecule has 2 aliphatic carbocycles. The fourth-order valence-electron chi connectivity index (χ4n) is 3.48. The molecule has 0 aliphatic heterocycles. The number of hydrogen-bond acceptors (Lipinski definition) is 2. The second-order valence-electron chi connectivity index (χ2n) is 6.33. The lowest BCUT2D eigenvalue weighted by molar-refractivity contribution is -0.123. The van der Waals surface area contributed by atoms with E-state index >= 15 is 0 Å². The van der Waals surface area contributed by atoms with Gasteiger partial charge in [0.15, 0.2) is 6.61 Å². The summed E-state index contributed by atoms with van der Waals surface area (Å²) in [5, 5.41) is 3.12. The molecule has 1 aromatic rings. The Hall–Kier alpha value is -1.51. The largest absolute Gasteiger partial charge is 0.484 e. The molecular formula is C18H25NO2. The average molecular weight is 287 g/mol. The van der Waals surface area contributed by atoms with E-state index in [0.29, 0.717) is 6.04 Å². The van der Waals surface area contributed by atoms with Crippen LogP contribution in [0.2, 0.25) is 0 Å². The Bertz CT molecular complexity index is 490. The zero-order valence-corrected chi connectivity index (χ0v) is 12.7. The molecule has 1 fully saturated rings. The highest BCUT2D eigenvalue weighted by atomic mass is 16.5. The summed E-state index contributed by atoms with van der Waals surface area (Å²) in [5.74, 6) is 0.842. The Labute approximate surface area is 127 Å². The summed E-state index contributed by atoms with van der Waals surface area (Å²) in [6, 6.07) is 6.58. The van der Waals surface area contributed by atoms with Gasteiger partial charge in [-0.05, 0) is 55.4 Å². The summed E-state index contributed by atoms with van der Waals surface area (Å²) in [5.41, 5.74) is 2.82. The van der Waals surface area contributed by atoms with Crippen LogP contribution in [0.3, 0.4) is 0 Å².